The Bertz CT molecular complexity index is 331. The standard InChI is InChI=1S/C11H15BrClNO/c1-3-4-15-11-8(7-14-2)5-9(13)6-10(11)12/h5-6,14H,3-4,7H2,1-2H3. The van der Waals surface area contributed by atoms with Crippen LogP contribution in [0.4, 0.5) is 0 Å². The van der Waals surface area contributed by atoms with Gasteiger partial charge in [-0.2, -0.15) is 0 Å². The zero-order valence-electron chi connectivity index (χ0n) is 8.94. The Morgan fingerprint density at radius 2 is 2.20 bits per heavy atom. The molecule has 0 aliphatic heterocycles. The van der Waals surface area contributed by atoms with Crippen LogP contribution in [0, 0.1) is 0 Å². The minimum absolute atomic E-state index is 0.718. The van der Waals surface area contributed by atoms with Crippen molar-refractivity contribution in [1.29, 1.82) is 0 Å². The van der Waals surface area contributed by atoms with E-state index in [4.69, 9.17) is 16.3 Å². The summed E-state index contributed by atoms with van der Waals surface area (Å²) in [6, 6.07) is 3.78. The number of hydrogen-bond acceptors (Lipinski definition) is 2. The Hall–Kier alpha value is -0.250. The van der Waals surface area contributed by atoms with E-state index in [9.17, 15) is 0 Å². The summed E-state index contributed by atoms with van der Waals surface area (Å²) in [6.07, 6.45) is 0.994. The zero-order valence-corrected chi connectivity index (χ0v) is 11.3. The SMILES string of the molecule is CCCOc1c(Br)cc(Cl)cc1CNC. The largest absolute Gasteiger partial charge is 0.492 e. The van der Waals surface area contributed by atoms with E-state index in [-0.39, 0.29) is 0 Å². The van der Waals surface area contributed by atoms with Crippen LogP contribution in [0.2, 0.25) is 5.02 Å². The van der Waals surface area contributed by atoms with Crippen LogP contribution in [0.25, 0.3) is 0 Å². The Kier molecular flexibility index (Phi) is 5.43. The molecule has 15 heavy (non-hydrogen) atoms. The molecule has 0 aliphatic carbocycles. The fraction of sp³-hybridized carbons (Fsp3) is 0.455. The molecule has 1 aromatic rings. The maximum atomic E-state index is 5.98. The van der Waals surface area contributed by atoms with Gasteiger partial charge in [-0.1, -0.05) is 18.5 Å². The third-order valence-electron chi connectivity index (χ3n) is 1.90. The van der Waals surface area contributed by atoms with Gasteiger partial charge in [-0.15, -0.1) is 0 Å². The van der Waals surface area contributed by atoms with Crippen molar-refractivity contribution in [3.8, 4) is 5.75 Å². The summed E-state index contributed by atoms with van der Waals surface area (Å²) >= 11 is 9.44. The van der Waals surface area contributed by atoms with Crippen LogP contribution in [0.5, 0.6) is 5.75 Å². The molecule has 0 atom stereocenters. The van der Waals surface area contributed by atoms with Gasteiger partial charge in [0.15, 0.2) is 0 Å². The van der Waals surface area contributed by atoms with Gasteiger partial charge in [0.25, 0.3) is 0 Å². The van der Waals surface area contributed by atoms with Crippen LogP contribution in [-0.4, -0.2) is 13.7 Å². The quantitative estimate of drug-likeness (QED) is 0.895. The normalized spacial score (nSPS) is 10.4. The summed E-state index contributed by atoms with van der Waals surface area (Å²) < 4.78 is 6.59. The Morgan fingerprint density at radius 3 is 2.80 bits per heavy atom. The highest BCUT2D eigenvalue weighted by molar-refractivity contribution is 9.10. The lowest BCUT2D eigenvalue weighted by atomic mass is 10.2. The molecule has 0 radical (unpaired) electrons. The predicted octanol–water partition coefficient (Wildman–Crippen LogP) is 3.61. The molecular weight excluding hydrogens is 277 g/mol. The minimum atomic E-state index is 0.718. The number of rotatable bonds is 5. The Labute approximate surface area is 104 Å². The summed E-state index contributed by atoms with van der Waals surface area (Å²) in [4.78, 5) is 0. The molecule has 1 rings (SSSR count). The number of halogens is 2. The van der Waals surface area contributed by atoms with Gasteiger partial charge in [0.2, 0.25) is 0 Å². The molecule has 0 saturated heterocycles. The second kappa shape index (κ2) is 6.36. The molecule has 0 heterocycles. The van der Waals surface area contributed by atoms with Gasteiger partial charge < -0.3 is 10.1 Å². The van der Waals surface area contributed by atoms with Crippen molar-refractivity contribution in [2.75, 3.05) is 13.7 Å². The highest BCUT2D eigenvalue weighted by Crippen LogP contribution is 2.32. The fourth-order valence-electron chi connectivity index (χ4n) is 1.30. The minimum Gasteiger partial charge on any atom is -0.492 e. The molecule has 2 nitrogen and oxygen atoms in total. The summed E-state index contributed by atoms with van der Waals surface area (Å²) in [6.45, 7) is 3.55. The van der Waals surface area contributed by atoms with Crippen molar-refractivity contribution in [3.05, 3.63) is 27.2 Å². The first kappa shape index (κ1) is 12.8. The molecule has 0 bridgehead atoms. The van der Waals surface area contributed by atoms with E-state index in [0.29, 0.717) is 0 Å². The zero-order chi connectivity index (χ0) is 11.3. The molecule has 0 saturated carbocycles. The molecule has 0 unspecified atom stereocenters. The number of hydrogen-bond donors (Lipinski definition) is 1. The molecular formula is C11H15BrClNO. The Balaban J connectivity index is 2.97. The molecule has 0 aromatic heterocycles. The van der Waals surface area contributed by atoms with Crippen molar-refractivity contribution in [2.45, 2.75) is 19.9 Å². The predicted molar refractivity (Wildman–Crippen MR) is 67.7 cm³/mol. The second-order valence-corrected chi connectivity index (χ2v) is 4.55. The van der Waals surface area contributed by atoms with E-state index in [2.05, 4.69) is 28.2 Å². The maximum absolute atomic E-state index is 5.98. The van der Waals surface area contributed by atoms with Crippen LogP contribution in [0.15, 0.2) is 16.6 Å². The third-order valence-corrected chi connectivity index (χ3v) is 2.71. The fourth-order valence-corrected chi connectivity index (χ4v) is 2.29. The van der Waals surface area contributed by atoms with Crippen LogP contribution in [0.1, 0.15) is 18.9 Å². The maximum Gasteiger partial charge on any atom is 0.138 e. The smallest absolute Gasteiger partial charge is 0.138 e. The van der Waals surface area contributed by atoms with E-state index in [1.54, 1.807) is 0 Å². The van der Waals surface area contributed by atoms with Gasteiger partial charge in [-0.3, -0.25) is 0 Å². The summed E-state index contributed by atoms with van der Waals surface area (Å²) in [5.41, 5.74) is 1.07. The lowest BCUT2D eigenvalue weighted by Crippen LogP contribution is -2.08. The van der Waals surface area contributed by atoms with Crippen LogP contribution < -0.4 is 10.1 Å². The first-order chi connectivity index (χ1) is 7.19. The number of benzene rings is 1. The van der Waals surface area contributed by atoms with Crippen molar-refractivity contribution in [2.24, 2.45) is 0 Å². The topological polar surface area (TPSA) is 21.3 Å². The van der Waals surface area contributed by atoms with E-state index >= 15 is 0 Å². The molecule has 1 N–H and O–H groups in total. The monoisotopic (exact) mass is 291 g/mol. The van der Waals surface area contributed by atoms with Crippen molar-refractivity contribution >= 4 is 27.5 Å². The highest BCUT2D eigenvalue weighted by atomic mass is 79.9. The lowest BCUT2D eigenvalue weighted by molar-refractivity contribution is 0.311. The first-order valence-electron chi connectivity index (χ1n) is 4.94. The average Bonchev–Trinajstić information content (AvgIpc) is 2.17. The van der Waals surface area contributed by atoms with Crippen molar-refractivity contribution < 1.29 is 4.74 Å². The average molecular weight is 293 g/mol. The van der Waals surface area contributed by atoms with E-state index < -0.39 is 0 Å². The van der Waals surface area contributed by atoms with Gasteiger partial charge in [0.1, 0.15) is 5.75 Å². The summed E-state index contributed by atoms with van der Waals surface area (Å²) in [5.74, 6) is 0.885. The molecule has 0 aliphatic rings. The van der Waals surface area contributed by atoms with Gasteiger partial charge in [-0.25, -0.2) is 0 Å². The second-order valence-electron chi connectivity index (χ2n) is 3.25. The van der Waals surface area contributed by atoms with Crippen LogP contribution in [0.3, 0.4) is 0 Å². The molecule has 1 aromatic carbocycles. The molecule has 84 valence electrons. The van der Waals surface area contributed by atoms with E-state index in [0.717, 1.165) is 40.4 Å². The van der Waals surface area contributed by atoms with Crippen molar-refractivity contribution in [1.82, 2.24) is 5.32 Å². The Morgan fingerprint density at radius 1 is 1.47 bits per heavy atom. The number of ether oxygens (including phenoxy) is 1. The molecule has 4 heteroatoms. The van der Waals surface area contributed by atoms with E-state index in [1.807, 2.05) is 19.2 Å². The summed E-state index contributed by atoms with van der Waals surface area (Å²) in [5, 5.41) is 3.81. The number of nitrogens with one attached hydrogen (secondary N) is 1. The van der Waals surface area contributed by atoms with E-state index in [1.165, 1.54) is 0 Å². The molecule has 0 amide bonds. The van der Waals surface area contributed by atoms with Crippen molar-refractivity contribution in [3.63, 3.8) is 0 Å². The highest BCUT2D eigenvalue weighted by Gasteiger charge is 2.09. The lowest BCUT2D eigenvalue weighted by Gasteiger charge is -2.13. The van der Waals surface area contributed by atoms with Crippen LogP contribution in [-0.2, 0) is 6.54 Å². The third kappa shape index (κ3) is 3.67. The van der Waals surface area contributed by atoms with Gasteiger partial charge >= 0.3 is 0 Å². The van der Waals surface area contributed by atoms with Gasteiger partial charge in [0.05, 0.1) is 11.1 Å². The van der Waals surface area contributed by atoms with Crippen LogP contribution >= 0.6 is 27.5 Å². The molecule has 0 spiro atoms. The molecule has 0 fully saturated rings. The van der Waals surface area contributed by atoms with Gasteiger partial charge in [-0.05, 0) is 41.5 Å². The first-order valence-corrected chi connectivity index (χ1v) is 6.11. The van der Waals surface area contributed by atoms with Gasteiger partial charge in [0, 0.05) is 17.1 Å². The summed E-state index contributed by atoms with van der Waals surface area (Å²) in [7, 11) is 1.90.